The number of carbonyl (C=O) groups excluding carboxylic acids is 3. The number of esters is 2. The first kappa shape index (κ1) is 25.7. The Morgan fingerprint density at radius 3 is 2.11 bits per heavy atom. The fourth-order valence-electron chi connectivity index (χ4n) is 5.72. The normalized spacial score (nSPS) is 22.8. The summed E-state index contributed by atoms with van der Waals surface area (Å²) < 4.78 is 11.6. The van der Waals surface area contributed by atoms with Crippen molar-refractivity contribution < 1.29 is 28.3 Å². The molecule has 6 rings (SSSR count). The van der Waals surface area contributed by atoms with Crippen LogP contribution < -0.4 is 5.32 Å². The van der Waals surface area contributed by atoms with Crippen LogP contribution in [0.2, 0.25) is 0 Å². The molecular formula is C31H33N2O5+. The molecule has 7 nitrogen and oxygen atoms in total. The smallest absolute Gasteiger partial charge is 0.337 e. The number of hydrogen-bond acceptors (Lipinski definition) is 6. The molecule has 3 aliphatic heterocycles. The van der Waals surface area contributed by atoms with Crippen molar-refractivity contribution in [3.8, 4) is 0 Å². The highest BCUT2D eigenvalue weighted by molar-refractivity contribution is 5.98. The maximum atomic E-state index is 13.6. The monoisotopic (exact) mass is 513 g/mol. The number of quaternary nitrogens is 1. The van der Waals surface area contributed by atoms with Gasteiger partial charge in [0, 0.05) is 30.0 Å². The van der Waals surface area contributed by atoms with Gasteiger partial charge in [-0.25, -0.2) is 9.59 Å². The molecule has 2 unspecified atom stereocenters. The quantitative estimate of drug-likeness (QED) is 0.255. The minimum absolute atomic E-state index is 0.0275. The Hall–Kier alpha value is -3.97. The first-order valence-corrected chi connectivity index (χ1v) is 13.1. The molecule has 3 aromatic rings. The van der Waals surface area contributed by atoms with Crippen molar-refractivity contribution >= 4 is 23.4 Å². The van der Waals surface area contributed by atoms with Gasteiger partial charge >= 0.3 is 11.9 Å². The number of para-hydroxylation sites is 1. The molecule has 3 aromatic carbocycles. The topological polar surface area (TPSA) is 81.7 Å². The van der Waals surface area contributed by atoms with Crippen molar-refractivity contribution in [3.63, 3.8) is 0 Å². The number of nitrogens with one attached hydrogen (secondary N) is 1. The second kappa shape index (κ2) is 11.2. The zero-order valence-electron chi connectivity index (χ0n) is 21.5. The third-order valence-electron chi connectivity index (χ3n) is 7.87. The standard InChI is InChI=1S/C31H33N2O5/c1-37-30(35)25-14-12-22(13-15-25)27(34)20-33-18-16-23(17-19-33)28(21-33)38-31(36)29(24-8-4-2-5-9-24)32-26-10-6-3-7-11-26/h2-15,23,28-29,32H,16-21H2,1H3/q+1. The molecule has 3 fully saturated rings. The number of anilines is 1. The molecule has 2 bridgehead atoms. The maximum Gasteiger partial charge on any atom is 0.337 e. The average Bonchev–Trinajstić information content (AvgIpc) is 2.97. The van der Waals surface area contributed by atoms with E-state index in [1.807, 2.05) is 60.7 Å². The number of ether oxygens (including phenoxy) is 2. The van der Waals surface area contributed by atoms with Crippen molar-refractivity contribution in [2.24, 2.45) is 5.92 Å². The Bertz CT molecular complexity index is 1270. The van der Waals surface area contributed by atoms with Gasteiger partial charge in [-0.15, -0.1) is 0 Å². The van der Waals surface area contributed by atoms with E-state index in [9.17, 15) is 14.4 Å². The summed E-state index contributed by atoms with van der Waals surface area (Å²) in [5.74, 6) is -0.396. The summed E-state index contributed by atoms with van der Waals surface area (Å²) in [5.41, 5.74) is 2.68. The van der Waals surface area contributed by atoms with Crippen LogP contribution in [-0.4, -0.2) is 61.6 Å². The van der Waals surface area contributed by atoms with E-state index in [0.717, 1.165) is 37.2 Å². The van der Waals surface area contributed by atoms with Gasteiger partial charge < -0.3 is 19.3 Å². The van der Waals surface area contributed by atoms with Crippen molar-refractivity contribution in [1.82, 2.24) is 0 Å². The van der Waals surface area contributed by atoms with Crippen molar-refractivity contribution in [1.29, 1.82) is 0 Å². The van der Waals surface area contributed by atoms with E-state index < -0.39 is 12.0 Å². The van der Waals surface area contributed by atoms with E-state index in [2.05, 4.69) is 5.32 Å². The van der Waals surface area contributed by atoms with Crippen LogP contribution in [0.5, 0.6) is 0 Å². The molecule has 2 atom stereocenters. The molecule has 0 radical (unpaired) electrons. The third-order valence-corrected chi connectivity index (χ3v) is 7.87. The molecule has 0 amide bonds. The average molecular weight is 514 g/mol. The van der Waals surface area contributed by atoms with E-state index in [4.69, 9.17) is 9.47 Å². The molecule has 0 aromatic heterocycles. The summed E-state index contributed by atoms with van der Waals surface area (Å²) >= 11 is 0. The summed E-state index contributed by atoms with van der Waals surface area (Å²) in [5, 5.41) is 3.34. The maximum absolute atomic E-state index is 13.6. The first-order chi connectivity index (χ1) is 18.5. The number of carbonyl (C=O) groups is 3. The van der Waals surface area contributed by atoms with Gasteiger partial charge in [0.25, 0.3) is 0 Å². The number of fused-ring (bicyclic) bond motifs is 3. The molecular weight excluding hydrogens is 480 g/mol. The summed E-state index contributed by atoms with van der Waals surface area (Å²) in [6.45, 7) is 2.78. The van der Waals surface area contributed by atoms with Gasteiger partial charge in [-0.05, 0) is 29.8 Å². The second-order valence-corrected chi connectivity index (χ2v) is 10.3. The number of Topliss-reactive ketones (excluding diaryl/α,β-unsaturated/α-hetero) is 1. The predicted octanol–water partition coefficient (Wildman–Crippen LogP) is 4.66. The fourth-order valence-corrected chi connectivity index (χ4v) is 5.72. The molecule has 0 saturated carbocycles. The van der Waals surface area contributed by atoms with Gasteiger partial charge in [0.1, 0.15) is 13.1 Å². The van der Waals surface area contributed by atoms with Gasteiger partial charge in [-0.3, -0.25) is 4.79 Å². The van der Waals surface area contributed by atoms with Gasteiger partial charge in [-0.2, -0.15) is 0 Å². The van der Waals surface area contributed by atoms with Gasteiger partial charge in [-0.1, -0.05) is 60.7 Å². The molecule has 196 valence electrons. The van der Waals surface area contributed by atoms with Gasteiger partial charge in [0.2, 0.25) is 5.78 Å². The van der Waals surface area contributed by atoms with Gasteiger partial charge in [0.05, 0.1) is 25.8 Å². The zero-order chi connectivity index (χ0) is 26.5. The van der Waals surface area contributed by atoms with Crippen molar-refractivity contribution in [3.05, 3.63) is 102 Å². The summed E-state index contributed by atoms with van der Waals surface area (Å²) in [4.78, 5) is 38.5. The lowest BCUT2D eigenvalue weighted by Crippen LogP contribution is -2.65. The van der Waals surface area contributed by atoms with Crippen LogP contribution in [0, 0.1) is 5.92 Å². The number of hydrogen-bond donors (Lipinski definition) is 1. The summed E-state index contributed by atoms with van der Waals surface area (Å²) in [7, 11) is 1.33. The van der Waals surface area contributed by atoms with E-state index in [1.165, 1.54) is 7.11 Å². The van der Waals surface area contributed by atoms with Crippen LogP contribution in [-0.2, 0) is 14.3 Å². The number of rotatable bonds is 9. The summed E-state index contributed by atoms with van der Waals surface area (Å²) in [6.07, 6.45) is 1.62. The first-order valence-electron chi connectivity index (χ1n) is 13.1. The molecule has 38 heavy (non-hydrogen) atoms. The van der Waals surface area contributed by atoms with Gasteiger partial charge in [0.15, 0.2) is 12.1 Å². The number of piperidine rings is 3. The molecule has 3 saturated heterocycles. The number of ketones is 1. The largest absolute Gasteiger partial charge is 0.465 e. The highest BCUT2D eigenvalue weighted by atomic mass is 16.5. The molecule has 0 aliphatic carbocycles. The number of benzene rings is 3. The van der Waals surface area contributed by atoms with Crippen LogP contribution >= 0.6 is 0 Å². The molecule has 3 aliphatic rings. The van der Waals surface area contributed by atoms with Crippen LogP contribution in [0.3, 0.4) is 0 Å². The van der Waals surface area contributed by atoms with Crippen molar-refractivity contribution in [2.45, 2.75) is 25.0 Å². The minimum atomic E-state index is -0.627. The lowest BCUT2D eigenvalue weighted by atomic mass is 9.82. The predicted molar refractivity (Wildman–Crippen MR) is 144 cm³/mol. The fraction of sp³-hybridized carbons (Fsp3) is 0.323. The Labute approximate surface area is 223 Å². The highest BCUT2D eigenvalue weighted by Crippen LogP contribution is 2.36. The van der Waals surface area contributed by atoms with E-state index in [0.29, 0.717) is 34.6 Å². The second-order valence-electron chi connectivity index (χ2n) is 10.3. The Morgan fingerprint density at radius 2 is 1.47 bits per heavy atom. The Morgan fingerprint density at radius 1 is 0.868 bits per heavy atom. The van der Waals surface area contributed by atoms with Crippen molar-refractivity contribution in [2.75, 3.05) is 38.6 Å². The Kier molecular flexibility index (Phi) is 7.56. The highest BCUT2D eigenvalue weighted by Gasteiger charge is 2.49. The van der Waals surface area contributed by atoms with Crippen LogP contribution in [0.1, 0.15) is 45.2 Å². The van der Waals surface area contributed by atoms with E-state index >= 15 is 0 Å². The molecule has 7 heteroatoms. The number of methoxy groups -OCH3 is 1. The lowest BCUT2D eigenvalue weighted by Gasteiger charge is -2.51. The molecule has 0 spiro atoms. The lowest BCUT2D eigenvalue weighted by molar-refractivity contribution is -0.938. The Balaban J connectivity index is 1.28. The van der Waals surface area contributed by atoms with E-state index in [1.54, 1.807) is 24.3 Å². The SMILES string of the molecule is COC(=O)c1ccc(C(=O)C[N+]23CCC(CC2)C(OC(=O)C(Nc2ccccc2)c2ccccc2)C3)cc1. The zero-order valence-corrected chi connectivity index (χ0v) is 21.5. The summed E-state index contributed by atoms with van der Waals surface area (Å²) in [6, 6.07) is 25.2. The minimum Gasteiger partial charge on any atom is -0.465 e. The van der Waals surface area contributed by atoms with Crippen LogP contribution in [0.4, 0.5) is 5.69 Å². The van der Waals surface area contributed by atoms with Crippen LogP contribution in [0.25, 0.3) is 0 Å². The van der Waals surface area contributed by atoms with Crippen LogP contribution in [0.15, 0.2) is 84.9 Å². The number of nitrogens with zero attached hydrogens (tertiary/aromatic N) is 1. The third kappa shape index (κ3) is 5.63. The van der Waals surface area contributed by atoms with E-state index in [-0.39, 0.29) is 17.9 Å². The molecule has 3 heterocycles. The molecule has 1 N–H and O–H groups in total.